The molecule has 1 aliphatic rings. The number of halogens is 1. The summed E-state index contributed by atoms with van der Waals surface area (Å²) in [6, 6.07) is 11.3. The molecule has 0 saturated heterocycles. The van der Waals surface area contributed by atoms with Crippen LogP contribution in [0.25, 0.3) is 0 Å². The third-order valence-corrected chi connectivity index (χ3v) is 5.83. The van der Waals surface area contributed by atoms with Gasteiger partial charge in [-0.1, -0.05) is 23.9 Å². The first-order valence-corrected chi connectivity index (χ1v) is 11.3. The number of nitrogens with zero attached hydrogens (tertiary/aromatic N) is 2. The van der Waals surface area contributed by atoms with Crippen LogP contribution in [0.15, 0.2) is 62.7 Å². The van der Waals surface area contributed by atoms with Gasteiger partial charge in [-0.15, -0.1) is 0 Å². The van der Waals surface area contributed by atoms with E-state index in [9.17, 15) is 19.2 Å². The smallest absolute Gasteiger partial charge is 0.234 e. The van der Waals surface area contributed by atoms with E-state index in [1.807, 2.05) is 20.8 Å². The van der Waals surface area contributed by atoms with Crippen molar-refractivity contribution in [3.8, 4) is 6.07 Å². The Morgan fingerprint density at radius 1 is 1.24 bits per heavy atom. The van der Waals surface area contributed by atoms with Gasteiger partial charge < -0.3 is 15.1 Å². The quantitative estimate of drug-likeness (QED) is 0.644. The van der Waals surface area contributed by atoms with Crippen LogP contribution in [0, 0.1) is 23.1 Å². The molecular weight excluding hydrogens is 443 g/mol. The van der Waals surface area contributed by atoms with Gasteiger partial charge in [-0.3, -0.25) is 9.59 Å². The molecule has 0 fully saturated rings. The van der Waals surface area contributed by atoms with E-state index in [0.29, 0.717) is 16.5 Å². The molecule has 2 heterocycles. The van der Waals surface area contributed by atoms with Gasteiger partial charge in [-0.2, -0.15) is 5.26 Å². The number of para-hydroxylation sites is 1. The number of carbonyl (C=O) groups excluding carboxylic acids is 2. The number of rotatable bonds is 6. The number of benzene rings is 1. The normalized spacial score (nSPS) is 18.4. The molecule has 7 nitrogen and oxygen atoms in total. The maximum absolute atomic E-state index is 14.1. The van der Waals surface area contributed by atoms with Crippen molar-refractivity contribution in [1.29, 1.82) is 5.26 Å². The molecule has 9 heteroatoms. The van der Waals surface area contributed by atoms with E-state index in [2.05, 4.69) is 21.7 Å². The number of hydrogen-bond acceptors (Lipinski definition) is 6. The number of hydrogen-bond donors (Lipinski definition) is 2. The summed E-state index contributed by atoms with van der Waals surface area (Å²) in [5, 5.41) is 15.8. The van der Waals surface area contributed by atoms with Crippen molar-refractivity contribution in [1.82, 2.24) is 5.32 Å². The molecule has 3 rings (SSSR count). The van der Waals surface area contributed by atoms with Gasteiger partial charge in [0.2, 0.25) is 11.8 Å². The Kier molecular flexibility index (Phi) is 7.39. The summed E-state index contributed by atoms with van der Waals surface area (Å²) in [6.07, 6.45) is 1.46. The van der Waals surface area contributed by atoms with Crippen LogP contribution in [-0.4, -0.2) is 28.8 Å². The van der Waals surface area contributed by atoms with Crippen LogP contribution in [0.4, 0.5) is 10.1 Å². The van der Waals surface area contributed by atoms with Gasteiger partial charge in [0.25, 0.3) is 0 Å². The minimum Gasteiger partial charge on any atom is -0.469 e. The number of nitrogens with one attached hydrogen (secondary N) is 2. The fourth-order valence-corrected chi connectivity index (χ4v) is 4.41. The summed E-state index contributed by atoms with van der Waals surface area (Å²) in [4.78, 5) is 30.0. The highest BCUT2D eigenvalue weighted by atomic mass is 32.2. The maximum atomic E-state index is 14.1. The van der Waals surface area contributed by atoms with E-state index < -0.39 is 23.6 Å². The number of thioether (sulfide) groups is 1. The first-order valence-electron chi connectivity index (χ1n) is 10.3. The Morgan fingerprint density at radius 2 is 1.97 bits per heavy atom. The van der Waals surface area contributed by atoms with E-state index in [1.54, 1.807) is 25.1 Å². The Bertz CT molecular complexity index is 1140. The summed E-state index contributed by atoms with van der Waals surface area (Å²) < 4.78 is 19.7. The molecule has 1 aromatic heterocycles. The highest BCUT2D eigenvalue weighted by Gasteiger charge is 2.41. The standard InChI is InChI=1S/C24H25FN4O3S/c1-14-20(22(31)28-17-9-6-5-8-16(17)25)21(18-10-7-11-32-18)15(12-26)23(27-14)33-13-19(30)29-24(2,3)4/h5-11,20-21H,13H2,1-4H3,(H,28,31)(H,29,30)/t20?,21-/m0/s1. The Labute approximate surface area is 196 Å². The van der Waals surface area contributed by atoms with Crippen LogP contribution in [0.3, 0.4) is 0 Å². The summed E-state index contributed by atoms with van der Waals surface area (Å²) in [7, 11) is 0. The largest absolute Gasteiger partial charge is 0.469 e. The second kappa shape index (κ2) is 10.0. The zero-order valence-corrected chi connectivity index (χ0v) is 19.6. The number of anilines is 1. The molecule has 2 amide bonds. The average molecular weight is 469 g/mol. The fraction of sp³-hybridized carbons (Fsp3) is 0.333. The molecule has 1 aromatic carbocycles. The van der Waals surface area contributed by atoms with Crippen LogP contribution in [0.1, 0.15) is 39.4 Å². The minimum absolute atomic E-state index is 0.0370. The van der Waals surface area contributed by atoms with Crippen molar-refractivity contribution in [2.45, 2.75) is 39.2 Å². The molecular formula is C24H25FN4O3S. The van der Waals surface area contributed by atoms with E-state index in [4.69, 9.17) is 4.42 Å². The number of aliphatic imine (C=N–C) groups is 1. The third kappa shape index (κ3) is 5.90. The number of furan rings is 1. The summed E-state index contributed by atoms with van der Waals surface area (Å²) in [6.45, 7) is 7.31. The molecule has 0 aliphatic carbocycles. The van der Waals surface area contributed by atoms with E-state index in [1.165, 1.54) is 24.5 Å². The van der Waals surface area contributed by atoms with Crippen molar-refractivity contribution < 1.29 is 18.4 Å². The second-order valence-corrected chi connectivity index (χ2v) is 9.57. The first-order chi connectivity index (χ1) is 15.6. The molecule has 0 spiro atoms. The molecule has 172 valence electrons. The van der Waals surface area contributed by atoms with Crippen molar-refractivity contribution in [2.24, 2.45) is 10.9 Å². The van der Waals surface area contributed by atoms with Crippen molar-refractivity contribution in [3.63, 3.8) is 0 Å². The van der Waals surface area contributed by atoms with Crippen molar-refractivity contribution in [3.05, 3.63) is 64.8 Å². The van der Waals surface area contributed by atoms with Crippen LogP contribution in [0.5, 0.6) is 0 Å². The molecule has 1 aliphatic heterocycles. The van der Waals surface area contributed by atoms with Gasteiger partial charge >= 0.3 is 0 Å². The topological polar surface area (TPSA) is 107 Å². The van der Waals surface area contributed by atoms with Gasteiger partial charge in [-0.25, -0.2) is 9.38 Å². The molecule has 0 radical (unpaired) electrons. The van der Waals surface area contributed by atoms with Crippen molar-refractivity contribution in [2.75, 3.05) is 11.1 Å². The molecule has 0 bridgehead atoms. The molecule has 1 unspecified atom stereocenters. The van der Waals surface area contributed by atoms with E-state index in [0.717, 1.165) is 11.8 Å². The van der Waals surface area contributed by atoms with Crippen LogP contribution in [0.2, 0.25) is 0 Å². The fourth-order valence-electron chi connectivity index (χ4n) is 3.54. The zero-order chi connectivity index (χ0) is 24.2. The van der Waals surface area contributed by atoms with Crippen LogP contribution in [-0.2, 0) is 9.59 Å². The number of amides is 2. The first kappa shape index (κ1) is 24.3. The SMILES string of the molecule is CC1=NC(SCC(=O)NC(C)(C)C)=C(C#N)[C@@H](c2ccco2)C1C(=O)Nc1ccccc1F. The molecule has 2 atom stereocenters. The zero-order valence-electron chi connectivity index (χ0n) is 18.8. The summed E-state index contributed by atoms with van der Waals surface area (Å²) in [5.41, 5.74) is 0.304. The van der Waals surface area contributed by atoms with Gasteiger partial charge in [0.05, 0.1) is 41.2 Å². The molecule has 33 heavy (non-hydrogen) atoms. The lowest BCUT2D eigenvalue weighted by Gasteiger charge is -2.29. The lowest BCUT2D eigenvalue weighted by molar-refractivity contribution is -0.120. The lowest BCUT2D eigenvalue weighted by Crippen LogP contribution is -2.41. The second-order valence-electron chi connectivity index (χ2n) is 8.61. The highest BCUT2D eigenvalue weighted by Crippen LogP contribution is 2.42. The highest BCUT2D eigenvalue weighted by molar-refractivity contribution is 8.03. The lowest BCUT2D eigenvalue weighted by atomic mass is 9.79. The van der Waals surface area contributed by atoms with E-state index in [-0.39, 0.29) is 28.5 Å². The van der Waals surface area contributed by atoms with Crippen LogP contribution < -0.4 is 10.6 Å². The Morgan fingerprint density at radius 3 is 2.58 bits per heavy atom. The van der Waals surface area contributed by atoms with Gasteiger partial charge in [0.1, 0.15) is 16.6 Å². The van der Waals surface area contributed by atoms with Gasteiger partial charge in [0.15, 0.2) is 0 Å². The molecule has 0 saturated carbocycles. The maximum Gasteiger partial charge on any atom is 0.234 e. The third-order valence-electron chi connectivity index (χ3n) is 4.84. The Balaban J connectivity index is 1.93. The summed E-state index contributed by atoms with van der Waals surface area (Å²) in [5.74, 6) is -2.45. The minimum atomic E-state index is -0.891. The van der Waals surface area contributed by atoms with Gasteiger partial charge in [0, 0.05) is 11.3 Å². The average Bonchev–Trinajstić information content (AvgIpc) is 3.26. The predicted octanol–water partition coefficient (Wildman–Crippen LogP) is 4.61. The number of nitriles is 1. The van der Waals surface area contributed by atoms with Crippen LogP contribution >= 0.6 is 11.8 Å². The number of carbonyl (C=O) groups is 2. The number of allylic oxidation sites excluding steroid dienone is 1. The van der Waals surface area contributed by atoms with Crippen molar-refractivity contribution >= 4 is 35.0 Å². The summed E-state index contributed by atoms with van der Waals surface area (Å²) >= 11 is 1.13. The molecule has 2 N–H and O–H groups in total. The monoisotopic (exact) mass is 468 g/mol. The van der Waals surface area contributed by atoms with Gasteiger partial charge in [-0.05, 0) is 52.0 Å². The molecule has 2 aromatic rings. The predicted molar refractivity (Wildman–Crippen MR) is 126 cm³/mol. The Hall–Kier alpha value is -3.38. The van der Waals surface area contributed by atoms with E-state index >= 15 is 0 Å².